The van der Waals surface area contributed by atoms with E-state index in [2.05, 4.69) is 107 Å². The Balaban J connectivity index is 0.914. The predicted molar refractivity (Wildman–Crippen MR) is 272 cm³/mol. The first-order valence-electron chi connectivity index (χ1n) is 23.5. The van der Waals surface area contributed by atoms with Crippen molar-refractivity contribution < 1.29 is 22.0 Å². The van der Waals surface area contributed by atoms with Gasteiger partial charge in [0.15, 0.2) is 5.70 Å². The molecule has 10 rings (SSSR count). The Morgan fingerprint density at radius 1 is 0.750 bits per heavy atom. The molecule has 0 saturated heterocycles. The molecule has 0 saturated carbocycles. The van der Waals surface area contributed by atoms with E-state index in [0.29, 0.717) is 28.7 Å². The number of nitrogens with zero attached hydrogens (tertiary/aromatic N) is 6. The van der Waals surface area contributed by atoms with Crippen molar-refractivity contribution in [2.45, 2.75) is 55.4 Å². The molecule has 12 heteroatoms. The summed E-state index contributed by atoms with van der Waals surface area (Å²) in [4.78, 5) is 2.32. The summed E-state index contributed by atoms with van der Waals surface area (Å²) in [5, 5.41) is 14.3. The second-order valence-electron chi connectivity index (χ2n) is 17.5. The topological polar surface area (TPSA) is 78.3 Å². The first kappa shape index (κ1) is 44.1. The van der Waals surface area contributed by atoms with Crippen LogP contribution < -0.4 is 20.1 Å². The average molecular weight is 905 g/mol. The summed E-state index contributed by atoms with van der Waals surface area (Å²) in [6, 6.07) is 38.7. The molecular formula is C56H53BF2N7O2+. The average Bonchev–Trinajstić information content (AvgIpc) is 4.03. The van der Waals surface area contributed by atoms with Crippen LogP contribution in [0.15, 0.2) is 141 Å². The smallest absolute Gasteiger partial charge is 0.456 e. The van der Waals surface area contributed by atoms with Gasteiger partial charge in [-0.2, -0.15) is 0 Å². The molecule has 0 bridgehead atoms. The summed E-state index contributed by atoms with van der Waals surface area (Å²) in [6.07, 6.45) is 1.85. The minimum atomic E-state index is -4.03. The maximum Gasteiger partial charge on any atom is 0.737 e. The zero-order valence-electron chi connectivity index (χ0n) is 39.7. The quantitative estimate of drug-likeness (QED) is 0.0637. The summed E-state index contributed by atoms with van der Waals surface area (Å²) in [5.74, 6) is 7.73. The second-order valence-corrected chi connectivity index (χ2v) is 17.5. The van der Waals surface area contributed by atoms with E-state index in [1.165, 1.54) is 8.96 Å². The first-order valence-corrected chi connectivity index (χ1v) is 23.5. The van der Waals surface area contributed by atoms with E-state index in [0.717, 1.165) is 115 Å². The van der Waals surface area contributed by atoms with Crippen LogP contribution in [0, 0.1) is 25.7 Å². The number of hydrogen-bond donors (Lipinski definition) is 1. The molecule has 0 spiro atoms. The minimum absolute atomic E-state index is 0.259. The molecule has 1 N–H and O–H groups in total. The van der Waals surface area contributed by atoms with E-state index >= 15 is 8.63 Å². The summed E-state index contributed by atoms with van der Waals surface area (Å²) in [7, 11) is 0. The van der Waals surface area contributed by atoms with E-state index in [9.17, 15) is 0 Å². The monoisotopic (exact) mass is 904 g/mol. The molecule has 340 valence electrons. The molecule has 0 fully saturated rings. The molecule has 68 heavy (non-hydrogen) atoms. The number of fused-ring (bicyclic) bond motifs is 4. The highest BCUT2D eigenvalue weighted by molar-refractivity contribution is 6.58. The van der Waals surface area contributed by atoms with Gasteiger partial charge in [-0.1, -0.05) is 47.3 Å². The fraction of sp³-hybridized carbons (Fsp3) is 0.214. The van der Waals surface area contributed by atoms with E-state index in [-0.39, 0.29) is 6.01 Å². The number of hydrogen-bond acceptors (Lipinski definition) is 6. The van der Waals surface area contributed by atoms with Crippen LogP contribution in [0.4, 0.5) is 26.0 Å². The van der Waals surface area contributed by atoms with Crippen molar-refractivity contribution >= 4 is 46.6 Å². The molecule has 0 unspecified atom stereocenters. The zero-order valence-corrected chi connectivity index (χ0v) is 39.7. The standard InChI is InChI=1S/C56H52BF2N7O2/c1-9-63(10-2)43-27-29-47-49(33-43)67-50-34-44(64(11-3)12-4)28-30-48(50)52(47)45-15-13-14-16-46(45)55-61-62-56(68-55)60-42-25-21-40(22-26-42)18-17-39-19-23-41(24-20-39)51-53-35(5)31-37(7)65(53)57(58,59)66-38(8)32-36(6)54(51)66/h13-16,19-34H,9-12H2,1-8H3/p+1. The molecule has 0 radical (unpaired) electrons. The number of benzene rings is 5. The van der Waals surface area contributed by atoms with Crippen molar-refractivity contribution in [2.24, 2.45) is 0 Å². The fourth-order valence-electron chi connectivity index (χ4n) is 10.2. The fourth-order valence-corrected chi connectivity index (χ4v) is 10.2. The Kier molecular flexibility index (Phi) is 11.3. The lowest BCUT2D eigenvalue weighted by molar-refractivity contribution is -0.363. The maximum absolute atomic E-state index is 16.1. The molecule has 6 aromatic rings. The van der Waals surface area contributed by atoms with Crippen molar-refractivity contribution in [3.8, 4) is 45.7 Å². The molecule has 1 aliphatic carbocycles. The normalized spacial score (nSPS) is 13.9. The Morgan fingerprint density at radius 2 is 1.44 bits per heavy atom. The lowest BCUT2D eigenvalue weighted by Gasteiger charge is -2.34. The van der Waals surface area contributed by atoms with E-state index in [1.54, 1.807) is 13.8 Å². The summed E-state index contributed by atoms with van der Waals surface area (Å²) in [5.41, 5.74) is 13.6. The van der Waals surface area contributed by atoms with Crippen molar-refractivity contribution in [2.75, 3.05) is 36.4 Å². The molecule has 0 atom stereocenters. The Hall–Kier alpha value is -7.78. The Morgan fingerprint density at radius 3 is 2.13 bits per heavy atom. The summed E-state index contributed by atoms with van der Waals surface area (Å²) < 4.78 is 50.1. The van der Waals surface area contributed by atoms with Gasteiger partial charge in [0.05, 0.1) is 11.6 Å². The van der Waals surface area contributed by atoms with Gasteiger partial charge in [-0.3, -0.25) is 0 Å². The largest absolute Gasteiger partial charge is 0.737 e. The maximum atomic E-state index is 16.1. The van der Waals surface area contributed by atoms with Gasteiger partial charge >= 0.3 is 13.0 Å². The highest BCUT2D eigenvalue weighted by Crippen LogP contribution is 2.46. The lowest BCUT2D eigenvalue weighted by atomic mass is 9.83. The van der Waals surface area contributed by atoms with Crippen molar-refractivity contribution in [1.82, 2.24) is 19.3 Å². The van der Waals surface area contributed by atoms with E-state index in [1.807, 2.05) is 92.7 Å². The number of allylic oxidation sites excluding steroid dienone is 2. The van der Waals surface area contributed by atoms with Gasteiger partial charge in [0.2, 0.25) is 11.2 Å². The zero-order chi connectivity index (χ0) is 47.4. The SMILES string of the molecule is CCN(CC)c1ccc2c(-c3ccccc3-c3nnc(Nc4ccc(C#Cc5ccc(C6=C7C(C)=CC(C)=[N+]7[B-](F)(F)n7c(C)cc(C)c76)cc5)cc4)o3)c3ccc(=[N+](CC)CC)cc-3oc2c1. The van der Waals surface area contributed by atoms with Gasteiger partial charge in [0.1, 0.15) is 30.1 Å². The van der Waals surface area contributed by atoms with Crippen LogP contribution in [0.3, 0.4) is 0 Å². The minimum Gasteiger partial charge on any atom is -0.456 e. The van der Waals surface area contributed by atoms with Gasteiger partial charge < -0.3 is 36.6 Å². The number of aryl methyl sites for hydroxylation is 2. The molecular weight excluding hydrogens is 851 g/mol. The Bertz CT molecular complexity index is 3500. The van der Waals surface area contributed by atoms with Crippen LogP contribution in [-0.4, -0.2) is 58.0 Å². The highest BCUT2D eigenvalue weighted by atomic mass is 19.2. The molecule has 0 amide bonds. The molecule has 5 heterocycles. The number of aromatic nitrogens is 3. The molecule has 4 aromatic carbocycles. The molecule has 4 aliphatic rings. The predicted octanol–water partition coefficient (Wildman–Crippen LogP) is 11.9. The van der Waals surface area contributed by atoms with E-state index < -0.39 is 6.97 Å². The third-order valence-corrected chi connectivity index (χ3v) is 13.4. The van der Waals surface area contributed by atoms with Crippen LogP contribution in [0.2, 0.25) is 0 Å². The number of anilines is 3. The third-order valence-electron chi connectivity index (χ3n) is 13.4. The highest BCUT2D eigenvalue weighted by Gasteiger charge is 2.55. The van der Waals surface area contributed by atoms with Crippen LogP contribution >= 0.6 is 0 Å². The van der Waals surface area contributed by atoms with Crippen LogP contribution in [0.5, 0.6) is 0 Å². The first-order chi connectivity index (χ1) is 32.9. The van der Waals surface area contributed by atoms with Crippen molar-refractivity contribution in [3.05, 3.63) is 172 Å². The van der Waals surface area contributed by atoms with Gasteiger partial charge in [-0.15, -0.1) is 5.10 Å². The van der Waals surface area contributed by atoms with Crippen LogP contribution in [0.1, 0.15) is 75.2 Å². The van der Waals surface area contributed by atoms with Gasteiger partial charge in [0, 0.05) is 94.1 Å². The molecule has 9 nitrogen and oxygen atoms in total. The molecule has 2 aromatic heterocycles. The number of nitrogens with one attached hydrogen (secondary N) is 1. The van der Waals surface area contributed by atoms with Gasteiger partial charge in [-0.05, 0) is 138 Å². The van der Waals surface area contributed by atoms with Gasteiger partial charge in [0.25, 0.3) is 0 Å². The van der Waals surface area contributed by atoms with Crippen molar-refractivity contribution in [1.29, 1.82) is 0 Å². The van der Waals surface area contributed by atoms with Crippen LogP contribution in [0.25, 0.3) is 50.4 Å². The third kappa shape index (κ3) is 7.52. The summed E-state index contributed by atoms with van der Waals surface area (Å²) in [6.45, 7) is 15.5. The van der Waals surface area contributed by atoms with Gasteiger partial charge in [-0.25, -0.2) is 4.58 Å². The Labute approximate surface area is 395 Å². The van der Waals surface area contributed by atoms with Crippen LogP contribution in [-0.2, 0) is 0 Å². The lowest BCUT2D eigenvalue weighted by Crippen LogP contribution is -2.51. The summed E-state index contributed by atoms with van der Waals surface area (Å²) >= 11 is 0. The molecule has 3 aliphatic heterocycles. The van der Waals surface area contributed by atoms with E-state index in [4.69, 9.17) is 8.83 Å². The van der Waals surface area contributed by atoms with Crippen molar-refractivity contribution in [3.63, 3.8) is 0 Å². The number of rotatable bonds is 10. The second kappa shape index (κ2) is 17.5. The number of halogens is 2.